The van der Waals surface area contributed by atoms with E-state index in [9.17, 15) is 9.90 Å². The SMILES string of the molecule is Cc1nc(-c2nnn(C)c2CNc2nccc(C(C)C)n2)cnc1O[C@H]1CCC[C@H](C(=O)O)C1. The highest BCUT2D eigenvalue weighted by molar-refractivity contribution is 5.70. The highest BCUT2D eigenvalue weighted by Crippen LogP contribution is 2.29. The Morgan fingerprint density at radius 3 is 2.85 bits per heavy atom. The molecule has 11 heteroatoms. The maximum Gasteiger partial charge on any atom is 0.306 e. The van der Waals surface area contributed by atoms with Crippen LogP contribution in [0.5, 0.6) is 5.88 Å². The van der Waals surface area contributed by atoms with Gasteiger partial charge >= 0.3 is 5.97 Å². The van der Waals surface area contributed by atoms with Crippen molar-refractivity contribution in [2.75, 3.05) is 5.32 Å². The van der Waals surface area contributed by atoms with Crippen LogP contribution in [0, 0.1) is 12.8 Å². The molecule has 4 rings (SSSR count). The summed E-state index contributed by atoms with van der Waals surface area (Å²) in [7, 11) is 1.82. The number of aryl methyl sites for hydroxylation is 2. The Kier molecular flexibility index (Phi) is 6.99. The Morgan fingerprint density at radius 1 is 1.29 bits per heavy atom. The van der Waals surface area contributed by atoms with Crippen LogP contribution in [0.3, 0.4) is 0 Å². The van der Waals surface area contributed by atoms with Gasteiger partial charge in [-0.1, -0.05) is 19.1 Å². The number of carboxylic acid groups (broad SMARTS) is 1. The third-order valence-electron chi connectivity index (χ3n) is 6.02. The molecule has 1 aliphatic rings. The molecule has 1 fully saturated rings. The van der Waals surface area contributed by atoms with Gasteiger partial charge < -0.3 is 15.2 Å². The molecule has 3 aromatic rings. The predicted octanol–water partition coefficient (Wildman–Crippen LogP) is 3.13. The van der Waals surface area contributed by atoms with Crippen molar-refractivity contribution in [3.05, 3.63) is 35.5 Å². The Labute approximate surface area is 198 Å². The zero-order valence-electron chi connectivity index (χ0n) is 19.9. The maximum absolute atomic E-state index is 11.3. The van der Waals surface area contributed by atoms with Gasteiger partial charge in [0.15, 0.2) is 0 Å². The van der Waals surface area contributed by atoms with E-state index in [0.29, 0.717) is 54.2 Å². The fourth-order valence-corrected chi connectivity index (χ4v) is 4.05. The first-order valence-corrected chi connectivity index (χ1v) is 11.5. The van der Waals surface area contributed by atoms with Gasteiger partial charge in [0.25, 0.3) is 0 Å². The molecule has 3 heterocycles. The fraction of sp³-hybridized carbons (Fsp3) is 0.522. The second-order valence-corrected chi connectivity index (χ2v) is 8.91. The topological polar surface area (TPSA) is 141 Å². The first-order valence-electron chi connectivity index (χ1n) is 11.5. The molecule has 34 heavy (non-hydrogen) atoms. The molecule has 0 spiro atoms. The largest absolute Gasteiger partial charge is 0.481 e. The van der Waals surface area contributed by atoms with Crippen molar-refractivity contribution in [2.24, 2.45) is 13.0 Å². The van der Waals surface area contributed by atoms with Gasteiger partial charge in [-0.2, -0.15) is 0 Å². The van der Waals surface area contributed by atoms with Crippen LogP contribution in [0.2, 0.25) is 0 Å². The molecule has 0 bridgehead atoms. The highest BCUT2D eigenvalue weighted by atomic mass is 16.5. The highest BCUT2D eigenvalue weighted by Gasteiger charge is 2.29. The molecule has 2 atom stereocenters. The second-order valence-electron chi connectivity index (χ2n) is 8.91. The first kappa shape index (κ1) is 23.5. The van der Waals surface area contributed by atoms with E-state index in [0.717, 1.165) is 24.2 Å². The zero-order chi connectivity index (χ0) is 24.2. The Morgan fingerprint density at radius 2 is 2.12 bits per heavy atom. The number of hydrogen-bond donors (Lipinski definition) is 2. The summed E-state index contributed by atoms with van der Waals surface area (Å²) in [5, 5.41) is 21.0. The van der Waals surface area contributed by atoms with E-state index < -0.39 is 5.97 Å². The molecule has 0 saturated heterocycles. The number of hydrogen-bond acceptors (Lipinski definition) is 9. The number of carbonyl (C=O) groups is 1. The summed E-state index contributed by atoms with van der Waals surface area (Å²) < 4.78 is 7.71. The lowest BCUT2D eigenvalue weighted by atomic mass is 9.87. The van der Waals surface area contributed by atoms with Crippen molar-refractivity contribution in [1.29, 1.82) is 0 Å². The molecule has 0 amide bonds. The number of rotatable bonds is 8. The summed E-state index contributed by atoms with van der Waals surface area (Å²) in [5.41, 5.74) is 3.59. The van der Waals surface area contributed by atoms with Gasteiger partial charge in [-0.05, 0) is 44.6 Å². The average molecular weight is 467 g/mol. The van der Waals surface area contributed by atoms with Crippen LogP contribution in [-0.4, -0.2) is 52.1 Å². The van der Waals surface area contributed by atoms with E-state index in [1.165, 1.54) is 0 Å². The van der Waals surface area contributed by atoms with E-state index in [1.807, 2.05) is 20.0 Å². The van der Waals surface area contributed by atoms with E-state index in [1.54, 1.807) is 17.1 Å². The standard InChI is InChI=1S/C23H30N8O3/c1-13(2)17-8-9-24-23(28-17)26-12-19-20(29-30-31(19)4)18-11-25-21(14(3)27-18)34-16-7-5-6-15(10-16)22(32)33/h8-9,11,13,15-16H,5-7,10,12H2,1-4H3,(H,32,33)(H,24,26,28)/t15-,16-/m0/s1. The van der Waals surface area contributed by atoms with Gasteiger partial charge in [-0.3, -0.25) is 4.79 Å². The quantitative estimate of drug-likeness (QED) is 0.508. The monoisotopic (exact) mass is 466 g/mol. The van der Waals surface area contributed by atoms with E-state index in [2.05, 4.69) is 49.4 Å². The summed E-state index contributed by atoms with van der Waals surface area (Å²) >= 11 is 0. The lowest BCUT2D eigenvalue weighted by Gasteiger charge is -2.27. The van der Waals surface area contributed by atoms with Crippen molar-refractivity contribution < 1.29 is 14.6 Å². The molecular weight excluding hydrogens is 436 g/mol. The molecule has 0 unspecified atom stereocenters. The molecular formula is C23H30N8O3. The number of nitrogens with one attached hydrogen (secondary N) is 1. The van der Waals surface area contributed by atoms with Crippen LogP contribution in [0.25, 0.3) is 11.4 Å². The molecule has 1 aliphatic carbocycles. The average Bonchev–Trinajstić information content (AvgIpc) is 3.19. The number of ether oxygens (including phenoxy) is 1. The van der Waals surface area contributed by atoms with E-state index >= 15 is 0 Å². The summed E-state index contributed by atoms with van der Waals surface area (Å²) in [4.78, 5) is 29.3. The molecule has 180 valence electrons. The maximum atomic E-state index is 11.3. The third-order valence-corrected chi connectivity index (χ3v) is 6.02. The fourth-order valence-electron chi connectivity index (χ4n) is 4.05. The van der Waals surface area contributed by atoms with Crippen LogP contribution >= 0.6 is 0 Å². The molecule has 3 aromatic heterocycles. The zero-order valence-corrected chi connectivity index (χ0v) is 19.9. The van der Waals surface area contributed by atoms with Crippen molar-refractivity contribution in [1.82, 2.24) is 34.9 Å². The van der Waals surface area contributed by atoms with E-state index in [-0.39, 0.29) is 12.0 Å². The van der Waals surface area contributed by atoms with Gasteiger partial charge in [0.2, 0.25) is 11.8 Å². The van der Waals surface area contributed by atoms with Crippen LogP contribution in [-0.2, 0) is 18.4 Å². The number of nitrogens with zero attached hydrogens (tertiary/aromatic N) is 7. The van der Waals surface area contributed by atoms with Crippen molar-refractivity contribution in [3.63, 3.8) is 0 Å². The van der Waals surface area contributed by atoms with Crippen LogP contribution in [0.4, 0.5) is 5.95 Å². The van der Waals surface area contributed by atoms with Crippen LogP contribution in [0.1, 0.15) is 62.5 Å². The Bertz CT molecular complexity index is 1160. The first-order chi connectivity index (χ1) is 16.3. The van der Waals surface area contributed by atoms with Crippen LogP contribution < -0.4 is 10.1 Å². The summed E-state index contributed by atoms with van der Waals surface area (Å²) in [6.45, 7) is 6.41. The Hall–Kier alpha value is -3.63. The molecule has 0 aliphatic heterocycles. The second kappa shape index (κ2) is 10.1. The van der Waals surface area contributed by atoms with Crippen molar-refractivity contribution >= 4 is 11.9 Å². The number of carboxylic acids is 1. The van der Waals surface area contributed by atoms with Crippen molar-refractivity contribution in [3.8, 4) is 17.3 Å². The smallest absolute Gasteiger partial charge is 0.306 e. The minimum absolute atomic E-state index is 0.174. The number of anilines is 1. The molecule has 0 radical (unpaired) electrons. The lowest BCUT2D eigenvalue weighted by molar-refractivity contribution is -0.143. The van der Waals surface area contributed by atoms with Gasteiger partial charge in [-0.25, -0.2) is 24.6 Å². The summed E-state index contributed by atoms with van der Waals surface area (Å²) in [5.74, 6) is 0.126. The lowest BCUT2D eigenvalue weighted by Crippen LogP contribution is -2.30. The Balaban J connectivity index is 1.48. The molecule has 11 nitrogen and oxygen atoms in total. The minimum Gasteiger partial charge on any atom is -0.481 e. The molecule has 2 N–H and O–H groups in total. The van der Waals surface area contributed by atoms with Gasteiger partial charge in [0.1, 0.15) is 23.2 Å². The minimum atomic E-state index is -0.767. The van der Waals surface area contributed by atoms with Gasteiger partial charge in [-0.15, -0.1) is 5.10 Å². The number of aliphatic carboxylic acids is 1. The van der Waals surface area contributed by atoms with E-state index in [4.69, 9.17) is 4.74 Å². The predicted molar refractivity (Wildman–Crippen MR) is 124 cm³/mol. The van der Waals surface area contributed by atoms with Crippen LogP contribution in [0.15, 0.2) is 18.5 Å². The normalized spacial score (nSPS) is 18.1. The third kappa shape index (κ3) is 5.29. The van der Waals surface area contributed by atoms with Crippen molar-refractivity contribution in [2.45, 2.75) is 65.0 Å². The van der Waals surface area contributed by atoms with Gasteiger partial charge in [0, 0.05) is 18.9 Å². The van der Waals surface area contributed by atoms with Gasteiger partial charge in [0.05, 0.1) is 24.4 Å². The molecule has 1 saturated carbocycles. The number of aromatic nitrogens is 7. The summed E-state index contributed by atoms with van der Waals surface area (Å²) in [6.07, 6.45) is 5.99. The molecule has 0 aromatic carbocycles. The summed E-state index contributed by atoms with van der Waals surface area (Å²) in [6, 6.07) is 1.91.